The Kier molecular flexibility index (Phi) is 3.15. The molecule has 1 aromatic carbocycles. The summed E-state index contributed by atoms with van der Waals surface area (Å²) < 4.78 is 2.43. The highest BCUT2D eigenvalue weighted by molar-refractivity contribution is 7.10. The maximum Gasteiger partial charge on any atom is 0.0957 e. The molecule has 0 spiro atoms. The first kappa shape index (κ1) is 13.6. The summed E-state index contributed by atoms with van der Waals surface area (Å²) in [6.45, 7) is 0. The molecule has 0 bridgehead atoms. The molecule has 1 aliphatic carbocycles. The first-order chi connectivity index (χ1) is 11.4. The van der Waals surface area contributed by atoms with Gasteiger partial charge in [-0.15, -0.1) is 11.3 Å². The number of thiophene rings is 1. The number of imidazole rings is 1. The summed E-state index contributed by atoms with van der Waals surface area (Å²) in [5, 5.41) is 2.24. The Morgan fingerprint density at radius 3 is 2.65 bits per heavy atom. The molecule has 1 aliphatic heterocycles. The minimum Gasteiger partial charge on any atom is -0.322 e. The standard InChI is InChI=1S/C20H20N2S/c1-2-4-14(5-3-1)15-6-8-16(9-7-15)19-20-17(10-11-23-20)18-12-21-13-22(18)19/h1-5,10-13,15-16,19H,6-9H2/t15-,16-,19-/m1/s1. The van der Waals surface area contributed by atoms with Gasteiger partial charge in [0.25, 0.3) is 0 Å². The van der Waals surface area contributed by atoms with Crippen LogP contribution in [0.1, 0.15) is 48.1 Å². The van der Waals surface area contributed by atoms with Crippen LogP contribution in [0, 0.1) is 5.92 Å². The summed E-state index contributed by atoms with van der Waals surface area (Å²) in [7, 11) is 0. The Bertz CT molecular complexity index is 769. The molecule has 1 atom stereocenters. The maximum absolute atomic E-state index is 4.40. The van der Waals surface area contributed by atoms with Crippen molar-refractivity contribution in [2.45, 2.75) is 37.6 Å². The van der Waals surface area contributed by atoms with E-state index >= 15 is 0 Å². The van der Waals surface area contributed by atoms with Crippen LogP contribution in [0.2, 0.25) is 0 Å². The zero-order valence-corrected chi connectivity index (χ0v) is 13.9. The van der Waals surface area contributed by atoms with E-state index in [1.807, 2.05) is 23.9 Å². The van der Waals surface area contributed by atoms with E-state index in [9.17, 15) is 0 Å². The predicted octanol–water partition coefficient (Wildman–Crippen LogP) is 5.49. The summed E-state index contributed by atoms with van der Waals surface area (Å²) in [6.07, 6.45) is 9.33. The topological polar surface area (TPSA) is 17.8 Å². The minimum absolute atomic E-state index is 0.527. The predicted molar refractivity (Wildman–Crippen MR) is 94.8 cm³/mol. The normalized spacial score (nSPS) is 26.0. The molecule has 2 aliphatic rings. The number of rotatable bonds is 2. The van der Waals surface area contributed by atoms with Crippen molar-refractivity contribution in [3.63, 3.8) is 0 Å². The van der Waals surface area contributed by atoms with Crippen LogP contribution >= 0.6 is 11.3 Å². The molecular weight excluding hydrogens is 300 g/mol. The van der Waals surface area contributed by atoms with Crippen LogP contribution in [0.25, 0.3) is 11.3 Å². The lowest BCUT2D eigenvalue weighted by Gasteiger charge is -2.33. The van der Waals surface area contributed by atoms with Gasteiger partial charge in [-0.3, -0.25) is 0 Å². The molecule has 1 fully saturated rings. The van der Waals surface area contributed by atoms with Gasteiger partial charge in [0.2, 0.25) is 0 Å². The molecule has 5 rings (SSSR count). The van der Waals surface area contributed by atoms with Gasteiger partial charge in [-0.05, 0) is 54.5 Å². The molecule has 116 valence electrons. The molecule has 0 unspecified atom stereocenters. The van der Waals surface area contributed by atoms with Gasteiger partial charge >= 0.3 is 0 Å². The molecule has 3 heteroatoms. The lowest BCUT2D eigenvalue weighted by Crippen LogP contribution is -2.22. The van der Waals surface area contributed by atoms with E-state index in [-0.39, 0.29) is 0 Å². The second-order valence-corrected chi connectivity index (χ2v) is 7.80. The highest BCUT2D eigenvalue weighted by Gasteiger charge is 2.37. The van der Waals surface area contributed by atoms with E-state index in [1.165, 1.54) is 42.5 Å². The Morgan fingerprint density at radius 1 is 1.00 bits per heavy atom. The second kappa shape index (κ2) is 5.34. The molecule has 23 heavy (non-hydrogen) atoms. The van der Waals surface area contributed by atoms with Gasteiger partial charge < -0.3 is 4.57 Å². The summed E-state index contributed by atoms with van der Waals surface area (Å²) in [4.78, 5) is 5.96. The van der Waals surface area contributed by atoms with Crippen LogP contribution in [0.15, 0.2) is 54.3 Å². The number of nitrogens with zero attached hydrogens (tertiary/aromatic N) is 2. The van der Waals surface area contributed by atoms with Crippen molar-refractivity contribution in [1.82, 2.24) is 9.55 Å². The first-order valence-electron chi connectivity index (χ1n) is 8.56. The average Bonchev–Trinajstić information content (AvgIpc) is 3.29. The molecule has 0 radical (unpaired) electrons. The molecule has 0 N–H and O–H groups in total. The van der Waals surface area contributed by atoms with Crippen molar-refractivity contribution < 1.29 is 0 Å². The second-order valence-electron chi connectivity index (χ2n) is 6.85. The van der Waals surface area contributed by atoms with Gasteiger partial charge in [0.05, 0.1) is 24.3 Å². The zero-order valence-electron chi connectivity index (χ0n) is 13.1. The number of hydrogen-bond acceptors (Lipinski definition) is 2. The van der Waals surface area contributed by atoms with Gasteiger partial charge in [-0.2, -0.15) is 0 Å². The van der Waals surface area contributed by atoms with Crippen molar-refractivity contribution in [2.24, 2.45) is 5.92 Å². The van der Waals surface area contributed by atoms with Crippen molar-refractivity contribution in [1.29, 1.82) is 0 Å². The third kappa shape index (κ3) is 2.10. The lowest BCUT2D eigenvalue weighted by atomic mass is 9.76. The zero-order chi connectivity index (χ0) is 15.2. The summed E-state index contributed by atoms with van der Waals surface area (Å²) in [6, 6.07) is 13.9. The first-order valence-corrected chi connectivity index (χ1v) is 9.44. The monoisotopic (exact) mass is 320 g/mol. The van der Waals surface area contributed by atoms with Crippen LogP contribution in [-0.2, 0) is 0 Å². The van der Waals surface area contributed by atoms with Crippen LogP contribution < -0.4 is 0 Å². The van der Waals surface area contributed by atoms with Crippen molar-refractivity contribution >= 4 is 11.3 Å². The summed E-state index contributed by atoms with van der Waals surface area (Å²) >= 11 is 1.92. The van der Waals surface area contributed by atoms with Gasteiger partial charge in [-0.1, -0.05) is 30.3 Å². The van der Waals surface area contributed by atoms with Crippen LogP contribution in [0.5, 0.6) is 0 Å². The largest absolute Gasteiger partial charge is 0.322 e. The van der Waals surface area contributed by atoms with Gasteiger partial charge in [-0.25, -0.2) is 4.98 Å². The fourth-order valence-corrected chi connectivity index (χ4v) is 5.65. The van der Waals surface area contributed by atoms with Crippen LogP contribution in [0.3, 0.4) is 0 Å². The van der Waals surface area contributed by atoms with Gasteiger partial charge in [0.1, 0.15) is 0 Å². The third-order valence-corrected chi connectivity index (χ3v) is 6.68. The van der Waals surface area contributed by atoms with Crippen molar-refractivity contribution in [3.8, 4) is 11.3 Å². The minimum atomic E-state index is 0.527. The Labute approximate surface area is 140 Å². The number of fused-ring (bicyclic) bond motifs is 3. The van der Waals surface area contributed by atoms with E-state index in [0.717, 1.165) is 11.8 Å². The SMILES string of the molecule is c1ccc([C@H]2CC[C@H]([C@@H]3c4sccc4-c4cncn43)CC2)cc1. The van der Waals surface area contributed by atoms with Gasteiger partial charge in [0, 0.05) is 10.4 Å². The smallest absolute Gasteiger partial charge is 0.0957 e. The summed E-state index contributed by atoms with van der Waals surface area (Å²) in [5.41, 5.74) is 4.26. The molecule has 2 nitrogen and oxygen atoms in total. The number of aromatic nitrogens is 2. The Hall–Kier alpha value is -1.87. The highest BCUT2D eigenvalue weighted by Crippen LogP contribution is 2.50. The molecular formula is C20H20N2S. The van der Waals surface area contributed by atoms with Crippen LogP contribution in [0.4, 0.5) is 0 Å². The lowest BCUT2D eigenvalue weighted by molar-refractivity contribution is 0.267. The fourth-order valence-electron chi connectivity index (χ4n) is 4.56. The van der Waals surface area contributed by atoms with E-state index in [0.29, 0.717) is 6.04 Å². The Morgan fingerprint density at radius 2 is 1.83 bits per heavy atom. The highest BCUT2D eigenvalue weighted by atomic mass is 32.1. The van der Waals surface area contributed by atoms with E-state index < -0.39 is 0 Å². The summed E-state index contributed by atoms with van der Waals surface area (Å²) in [5.74, 6) is 1.50. The quantitative estimate of drug-likeness (QED) is 0.610. The fraction of sp³-hybridized carbons (Fsp3) is 0.350. The average molecular weight is 320 g/mol. The van der Waals surface area contributed by atoms with Crippen LogP contribution in [-0.4, -0.2) is 9.55 Å². The van der Waals surface area contributed by atoms with E-state index in [1.54, 1.807) is 4.88 Å². The molecule has 2 aromatic heterocycles. The number of benzene rings is 1. The molecule has 1 saturated carbocycles. The van der Waals surface area contributed by atoms with Gasteiger partial charge in [0.15, 0.2) is 0 Å². The number of hydrogen-bond donors (Lipinski definition) is 0. The molecule has 3 aromatic rings. The van der Waals surface area contributed by atoms with E-state index in [4.69, 9.17) is 0 Å². The van der Waals surface area contributed by atoms with Crippen molar-refractivity contribution in [3.05, 3.63) is 64.7 Å². The third-order valence-electron chi connectivity index (χ3n) is 5.69. The maximum atomic E-state index is 4.40. The Balaban J connectivity index is 1.39. The molecule has 0 amide bonds. The van der Waals surface area contributed by atoms with Crippen molar-refractivity contribution in [2.75, 3.05) is 0 Å². The molecule has 3 heterocycles. The van der Waals surface area contributed by atoms with E-state index in [2.05, 4.69) is 51.3 Å². The molecule has 0 saturated heterocycles.